The first kappa shape index (κ1) is 16.5. The molecule has 22 heavy (non-hydrogen) atoms. The molecule has 0 fully saturated rings. The average molecular weight is 291 g/mol. The molecule has 0 spiro atoms. The molecule has 0 heteroatoms. The van der Waals surface area contributed by atoms with Gasteiger partial charge >= 0.3 is 0 Å². The van der Waals surface area contributed by atoms with E-state index in [0.717, 1.165) is 12.8 Å². The number of benzene rings is 2. The molecule has 2 aromatic rings. The Labute approximate surface area is 135 Å². The summed E-state index contributed by atoms with van der Waals surface area (Å²) in [4.78, 5) is 0. The summed E-state index contributed by atoms with van der Waals surface area (Å²) in [6.45, 7) is 8.94. The van der Waals surface area contributed by atoms with Gasteiger partial charge in [0.05, 0.1) is 0 Å². The minimum atomic E-state index is 0.126. The van der Waals surface area contributed by atoms with E-state index in [0.29, 0.717) is 0 Å². The fourth-order valence-corrected chi connectivity index (χ4v) is 2.85. The zero-order valence-corrected chi connectivity index (χ0v) is 14.3. The molecule has 0 aliphatic rings. The Morgan fingerprint density at radius 1 is 1.05 bits per heavy atom. The van der Waals surface area contributed by atoms with Crippen LogP contribution in [0.4, 0.5) is 0 Å². The molecular formula is C22H27. The second-order valence-corrected chi connectivity index (χ2v) is 6.85. The van der Waals surface area contributed by atoms with E-state index >= 15 is 0 Å². The van der Waals surface area contributed by atoms with Crippen LogP contribution in [-0.4, -0.2) is 0 Å². The van der Waals surface area contributed by atoms with E-state index in [1.54, 1.807) is 0 Å². The molecule has 0 N–H and O–H groups in total. The minimum Gasteiger partial charge on any atom is -0.0917 e. The molecule has 0 saturated carbocycles. The maximum Gasteiger partial charge on any atom is -0.0114 e. The van der Waals surface area contributed by atoms with Gasteiger partial charge in [0.2, 0.25) is 0 Å². The summed E-state index contributed by atoms with van der Waals surface area (Å²) < 4.78 is 0. The highest BCUT2D eigenvalue weighted by Crippen LogP contribution is 2.36. The van der Waals surface area contributed by atoms with Crippen molar-refractivity contribution in [2.45, 2.75) is 52.4 Å². The summed E-state index contributed by atoms with van der Waals surface area (Å²) >= 11 is 0. The Morgan fingerprint density at radius 2 is 1.77 bits per heavy atom. The third-order valence-electron chi connectivity index (χ3n) is 4.00. The quantitative estimate of drug-likeness (QED) is 0.445. The van der Waals surface area contributed by atoms with E-state index in [4.69, 9.17) is 0 Å². The zero-order chi connectivity index (χ0) is 16.0. The van der Waals surface area contributed by atoms with Gasteiger partial charge < -0.3 is 0 Å². The topological polar surface area (TPSA) is 0 Å². The van der Waals surface area contributed by atoms with E-state index in [1.807, 2.05) is 0 Å². The molecule has 0 saturated heterocycles. The molecule has 0 heterocycles. The van der Waals surface area contributed by atoms with Crippen LogP contribution in [0.15, 0.2) is 54.6 Å². The maximum atomic E-state index is 3.37. The standard InChI is InChI=1S/C22H27/c1-5-6-7-9-13-19-16-12-17-20(22(2,3)4)21(19)18-14-10-8-11-15-18/h5-6,8,10-11,14-17H,7,9,13H2,1-4H3. The molecule has 0 atom stereocenters. The monoisotopic (exact) mass is 291 g/mol. The highest BCUT2D eigenvalue weighted by atomic mass is 14.2. The molecule has 0 aliphatic heterocycles. The van der Waals surface area contributed by atoms with Gasteiger partial charge in [0, 0.05) is 0 Å². The van der Waals surface area contributed by atoms with Crippen LogP contribution in [0.5, 0.6) is 0 Å². The lowest BCUT2D eigenvalue weighted by Crippen LogP contribution is -2.14. The van der Waals surface area contributed by atoms with Gasteiger partial charge in [-0.05, 0) is 66.0 Å². The number of unbranched alkanes of at least 4 members (excludes halogenated alkanes) is 1. The number of hydrogen-bond acceptors (Lipinski definition) is 0. The largest absolute Gasteiger partial charge is 0.0917 e. The Bertz CT molecular complexity index is 612. The third-order valence-corrected chi connectivity index (χ3v) is 4.00. The Balaban J connectivity index is 2.45. The van der Waals surface area contributed by atoms with Crippen molar-refractivity contribution >= 4 is 0 Å². The van der Waals surface area contributed by atoms with Crippen LogP contribution >= 0.6 is 0 Å². The van der Waals surface area contributed by atoms with Gasteiger partial charge in [-0.15, -0.1) is 0 Å². The minimum absolute atomic E-state index is 0.126. The first-order chi connectivity index (χ1) is 10.5. The van der Waals surface area contributed by atoms with Crippen molar-refractivity contribution in [1.82, 2.24) is 0 Å². The van der Waals surface area contributed by atoms with Crippen molar-refractivity contribution in [3.63, 3.8) is 0 Å². The molecule has 0 unspecified atom stereocenters. The summed E-state index contributed by atoms with van der Waals surface area (Å²) in [7, 11) is 0. The number of aryl methyl sites for hydroxylation is 1. The van der Waals surface area contributed by atoms with Crippen molar-refractivity contribution in [2.24, 2.45) is 0 Å². The molecule has 0 nitrogen and oxygen atoms in total. The van der Waals surface area contributed by atoms with Crippen molar-refractivity contribution in [1.29, 1.82) is 0 Å². The highest BCUT2D eigenvalue weighted by molar-refractivity contribution is 5.72. The smallest absolute Gasteiger partial charge is 0.0114 e. The van der Waals surface area contributed by atoms with Gasteiger partial charge in [-0.1, -0.05) is 69.3 Å². The van der Waals surface area contributed by atoms with Crippen molar-refractivity contribution in [3.05, 3.63) is 71.8 Å². The SMILES string of the molecule is CC=CCCCc1c[c]cc(C(C)(C)C)c1-c1ccccc1. The fraction of sp³-hybridized carbons (Fsp3) is 0.364. The van der Waals surface area contributed by atoms with Gasteiger partial charge in [-0.3, -0.25) is 0 Å². The molecule has 0 amide bonds. The normalized spacial score (nSPS) is 12.0. The lowest BCUT2D eigenvalue weighted by molar-refractivity contribution is 0.590. The van der Waals surface area contributed by atoms with E-state index in [2.05, 4.69) is 88.4 Å². The molecule has 0 aliphatic carbocycles. The molecule has 0 bridgehead atoms. The van der Waals surface area contributed by atoms with Crippen LogP contribution in [0.1, 0.15) is 51.7 Å². The van der Waals surface area contributed by atoms with Crippen molar-refractivity contribution < 1.29 is 0 Å². The van der Waals surface area contributed by atoms with Crippen LogP contribution in [0.3, 0.4) is 0 Å². The Hall–Kier alpha value is -1.82. The van der Waals surface area contributed by atoms with E-state index in [-0.39, 0.29) is 5.41 Å². The zero-order valence-electron chi connectivity index (χ0n) is 14.3. The Morgan fingerprint density at radius 3 is 2.41 bits per heavy atom. The first-order valence-electron chi connectivity index (χ1n) is 8.24. The second-order valence-electron chi connectivity index (χ2n) is 6.85. The lowest BCUT2D eigenvalue weighted by Gasteiger charge is -2.25. The summed E-state index contributed by atoms with van der Waals surface area (Å²) in [6, 6.07) is 18.5. The number of hydrogen-bond donors (Lipinski definition) is 0. The highest BCUT2D eigenvalue weighted by Gasteiger charge is 2.20. The van der Waals surface area contributed by atoms with Crippen LogP contribution in [0.25, 0.3) is 11.1 Å². The summed E-state index contributed by atoms with van der Waals surface area (Å²) in [5, 5.41) is 0. The summed E-state index contributed by atoms with van der Waals surface area (Å²) in [5.74, 6) is 0. The molecule has 2 aromatic carbocycles. The molecule has 2 rings (SSSR count). The van der Waals surface area contributed by atoms with Crippen LogP contribution in [-0.2, 0) is 11.8 Å². The van der Waals surface area contributed by atoms with E-state index < -0.39 is 0 Å². The van der Waals surface area contributed by atoms with Crippen molar-refractivity contribution in [2.75, 3.05) is 0 Å². The Kier molecular flexibility index (Phi) is 5.60. The van der Waals surface area contributed by atoms with Crippen LogP contribution < -0.4 is 0 Å². The average Bonchev–Trinajstić information content (AvgIpc) is 2.51. The molecule has 0 aromatic heterocycles. The number of rotatable bonds is 5. The molecule has 115 valence electrons. The summed E-state index contributed by atoms with van der Waals surface area (Å²) in [6.07, 6.45) is 7.82. The van der Waals surface area contributed by atoms with Crippen LogP contribution in [0.2, 0.25) is 0 Å². The van der Waals surface area contributed by atoms with Crippen molar-refractivity contribution in [3.8, 4) is 11.1 Å². The van der Waals surface area contributed by atoms with Gasteiger partial charge in [-0.25, -0.2) is 0 Å². The second kappa shape index (κ2) is 7.45. The van der Waals surface area contributed by atoms with Gasteiger partial charge in [0.15, 0.2) is 0 Å². The van der Waals surface area contributed by atoms with Gasteiger partial charge in [0.1, 0.15) is 0 Å². The molecule has 1 radical (unpaired) electrons. The fourth-order valence-electron chi connectivity index (χ4n) is 2.85. The number of allylic oxidation sites excluding steroid dienone is 2. The summed E-state index contributed by atoms with van der Waals surface area (Å²) in [5.41, 5.74) is 5.67. The first-order valence-corrected chi connectivity index (χ1v) is 8.24. The van der Waals surface area contributed by atoms with E-state index in [9.17, 15) is 0 Å². The van der Waals surface area contributed by atoms with Gasteiger partial charge in [-0.2, -0.15) is 0 Å². The maximum absolute atomic E-state index is 3.37. The molecular weight excluding hydrogens is 264 g/mol. The van der Waals surface area contributed by atoms with E-state index in [1.165, 1.54) is 28.7 Å². The van der Waals surface area contributed by atoms with Crippen LogP contribution in [0, 0.1) is 6.07 Å². The lowest BCUT2D eigenvalue weighted by atomic mass is 9.79. The third kappa shape index (κ3) is 4.10. The van der Waals surface area contributed by atoms with Gasteiger partial charge in [0.25, 0.3) is 0 Å². The predicted molar refractivity (Wildman–Crippen MR) is 97.2 cm³/mol. The predicted octanol–water partition coefficient (Wildman–Crippen LogP) is 6.35.